The molecule has 0 saturated heterocycles. The fraction of sp³-hybridized carbons (Fsp3) is 1.00. The van der Waals surface area contributed by atoms with Crippen molar-refractivity contribution in [3.05, 3.63) is 0 Å². The van der Waals surface area contributed by atoms with Gasteiger partial charge >= 0.3 is 0 Å². The molecule has 0 amide bonds. The van der Waals surface area contributed by atoms with Gasteiger partial charge in [0.1, 0.15) is 0 Å². The van der Waals surface area contributed by atoms with Gasteiger partial charge in [0.2, 0.25) is 0 Å². The topological polar surface area (TPSA) is 47.3 Å². The molecule has 0 radical (unpaired) electrons. The van der Waals surface area contributed by atoms with Crippen molar-refractivity contribution >= 4 is 11.8 Å². The molecule has 0 aliphatic heterocycles. The minimum atomic E-state index is 0.392. The molecular formula is C11H26N2OS. The highest BCUT2D eigenvalue weighted by Crippen LogP contribution is 2.15. The molecule has 0 saturated carbocycles. The predicted octanol–water partition coefficient (Wildman–Crippen LogP) is 1.88. The Morgan fingerprint density at radius 3 is 2.40 bits per heavy atom. The molecule has 0 heterocycles. The fourth-order valence-electron chi connectivity index (χ4n) is 1.31. The molecule has 0 aromatic heterocycles. The first kappa shape index (κ1) is 15.2. The Hall–Kier alpha value is 0.230. The number of ether oxygens (including phenoxy) is 1. The minimum Gasteiger partial charge on any atom is -0.385 e. The zero-order chi connectivity index (χ0) is 11.7. The maximum absolute atomic E-state index is 5.56. The van der Waals surface area contributed by atoms with Crippen LogP contribution < -0.4 is 11.3 Å². The summed E-state index contributed by atoms with van der Waals surface area (Å²) in [5, 5.41) is 0. The highest BCUT2D eigenvalue weighted by Gasteiger charge is 2.15. The summed E-state index contributed by atoms with van der Waals surface area (Å²) in [6.45, 7) is 7.52. The van der Waals surface area contributed by atoms with Gasteiger partial charge in [-0.2, -0.15) is 11.8 Å². The number of hydrogen-bond donors (Lipinski definition) is 2. The number of thioether (sulfide) groups is 1. The highest BCUT2D eigenvalue weighted by atomic mass is 32.2. The van der Waals surface area contributed by atoms with Crippen molar-refractivity contribution in [2.45, 2.75) is 33.2 Å². The Labute approximate surface area is 98.5 Å². The lowest BCUT2D eigenvalue weighted by molar-refractivity contribution is 0.172. The standard InChI is InChI=1S/C11H26N2OS/c1-9(2)7-15-8-11(13-12)10(3)5-6-14-4/h9-11,13H,5-8,12H2,1-4H3. The normalized spacial score (nSPS) is 15.6. The van der Waals surface area contributed by atoms with Crippen molar-refractivity contribution in [2.24, 2.45) is 17.7 Å². The average Bonchev–Trinajstić information content (AvgIpc) is 2.20. The molecule has 0 bridgehead atoms. The van der Waals surface area contributed by atoms with E-state index in [4.69, 9.17) is 10.6 Å². The van der Waals surface area contributed by atoms with Crippen LogP contribution in [0.15, 0.2) is 0 Å². The van der Waals surface area contributed by atoms with Crippen LogP contribution in [-0.2, 0) is 4.74 Å². The number of hydrazine groups is 1. The third kappa shape index (κ3) is 8.08. The molecule has 0 spiro atoms. The summed E-state index contributed by atoms with van der Waals surface area (Å²) in [6.07, 6.45) is 1.06. The Morgan fingerprint density at radius 2 is 1.93 bits per heavy atom. The van der Waals surface area contributed by atoms with Gasteiger partial charge in [-0.05, 0) is 24.0 Å². The minimum absolute atomic E-state index is 0.392. The summed E-state index contributed by atoms with van der Waals surface area (Å²) < 4.78 is 5.07. The van der Waals surface area contributed by atoms with Crippen molar-refractivity contribution in [2.75, 3.05) is 25.2 Å². The van der Waals surface area contributed by atoms with Crippen LogP contribution in [0.3, 0.4) is 0 Å². The maximum atomic E-state index is 5.56. The second-order valence-corrected chi connectivity index (χ2v) is 5.54. The van der Waals surface area contributed by atoms with Gasteiger partial charge in [0, 0.05) is 25.5 Å². The summed E-state index contributed by atoms with van der Waals surface area (Å²) in [4.78, 5) is 0. The quantitative estimate of drug-likeness (QED) is 0.472. The number of rotatable bonds is 9. The summed E-state index contributed by atoms with van der Waals surface area (Å²) in [6, 6.07) is 0.392. The van der Waals surface area contributed by atoms with Gasteiger partial charge in [-0.15, -0.1) is 0 Å². The van der Waals surface area contributed by atoms with Crippen LogP contribution in [0.1, 0.15) is 27.2 Å². The lowest BCUT2D eigenvalue weighted by atomic mass is 10.0. The Balaban J connectivity index is 3.69. The molecule has 2 atom stereocenters. The Morgan fingerprint density at radius 1 is 1.27 bits per heavy atom. The fourth-order valence-corrected chi connectivity index (χ4v) is 2.60. The van der Waals surface area contributed by atoms with Crippen LogP contribution in [-0.4, -0.2) is 31.3 Å². The number of nitrogens with two attached hydrogens (primary N) is 1. The average molecular weight is 234 g/mol. The van der Waals surface area contributed by atoms with Gasteiger partial charge in [0.15, 0.2) is 0 Å². The van der Waals surface area contributed by atoms with Gasteiger partial charge in [-0.25, -0.2) is 0 Å². The molecule has 3 nitrogen and oxygen atoms in total. The molecule has 0 aromatic rings. The first-order chi connectivity index (χ1) is 7.11. The summed E-state index contributed by atoms with van der Waals surface area (Å²) >= 11 is 1.97. The molecule has 2 unspecified atom stereocenters. The maximum Gasteiger partial charge on any atom is 0.0465 e. The molecule has 0 aliphatic carbocycles. The third-order valence-corrected chi connectivity index (χ3v) is 3.92. The van der Waals surface area contributed by atoms with E-state index < -0.39 is 0 Å². The van der Waals surface area contributed by atoms with E-state index in [1.165, 1.54) is 5.75 Å². The van der Waals surface area contributed by atoms with E-state index in [1.807, 2.05) is 11.8 Å². The third-order valence-electron chi connectivity index (χ3n) is 2.43. The van der Waals surface area contributed by atoms with Gasteiger partial charge < -0.3 is 4.74 Å². The zero-order valence-electron chi connectivity index (χ0n) is 10.5. The van der Waals surface area contributed by atoms with Crippen molar-refractivity contribution < 1.29 is 4.74 Å². The van der Waals surface area contributed by atoms with Crippen molar-refractivity contribution in [3.8, 4) is 0 Å². The molecular weight excluding hydrogens is 208 g/mol. The zero-order valence-corrected chi connectivity index (χ0v) is 11.3. The molecule has 3 N–H and O–H groups in total. The van der Waals surface area contributed by atoms with Gasteiger partial charge in [0.25, 0.3) is 0 Å². The van der Waals surface area contributed by atoms with Gasteiger partial charge in [0.05, 0.1) is 0 Å². The second-order valence-electron chi connectivity index (χ2n) is 4.46. The van der Waals surface area contributed by atoms with E-state index in [1.54, 1.807) is 7.11 Å². The molecule has 0 fully saturated rings. The van der Waals surface area contributed by atoms with Crippen LogP contribution in [0.2, 0.25) is 0 Å². The van der Waals surface area contributed by atoms with E-state index >= 15 is 0 Å². The van der Waals surface area contributed by atoms with Crippen LogP contribution in [0.5, 0.6) is 0 Å². The second kappa shape index (κ2) is 9.46. The lowest BCUT2D eigenvalue weighted by Crippen LogP contribution is -2.42. The number of nitrogens with one attached hydrogen (secondary N) is 1. The number of methoxy groups -OCH3 is 1. The summed E-state index contributed by atoms with van der Waals surface area (Å²) in [5.74, 6) is 9.16. The molecule has 4 heteroatoms. The monoisotopic (exact) mass is 234 g/mol. The van der Waals surface area contributed by atoms with Gasteiger partial charge in [-0.1, -0.05) is 20.8 Å². The Bertz CT molecular complexity index is 145. The molecule has 92 valence electrons. The smallest absolute Gasteiger partial charge is 0.0465 e. The SMILES string of the molecule is COCCC(C)C(CSCC(C)C)NN. The predicted molar refractivity (Wildman–Crippen MR) is 68.9 cm³/mol. The van der Waals surface area contributed by atoms with Crippen LogP contribution in [0, 0.1) is 11.8 Å². The van der Waals surface area contributed by atoms with E-state index in [0.29, 0.717) is 12.0 Å². The van der Waals surface area contributed by atoms with Crippen LogP contribution in [0.25, 0.3) is 0 Å². The van der Waals surface area contributed by atoms with Crippen LogP contribution in [0.4, 0.5) is 0 Å². The van der Waals surface area contributed by atoms with Crippen molar-refractivity contribution in [1.82, 2.24) is 5.43 Å². The first-order valence-corrected chi connectivity index (χ1v) is 6.80. The largest absolute Gasteiger partial charge is 0.385 e. The van der Waals surface area contributed by atoms with E-state index in [-0.39, 0.29) is 0 Å². The number of hydrogen-bond acceptors (Lipinski definition) is 4. The highest BCUT2D eigenvalue weighted by molar-refractivity contribution is 7.99. The Kier molecular flexibility index (Phi) is 9.60. The van der Waals surface area contributed by atoms with E-state index in [9.17, 15) is 0 Å². The van der Waals surface area contributed by atoms with E-state index in [0.717, 1.165) is 24.7 Å². The molecule has 15 heavy (non-hydrogen) atoms. The summed E-state index contributed by atoms with van der Waals surface area (Å²) in [5.41, 5.74) is 2.91. The lowest BCUT2D eigenvalue weighted by Gasteiger charge is -2.23. The van der Waals surface area contributed by atoms with Crippen LogP contribution >= 0.6 is 11.8 Å². The first-order valence-electron chi connectivity index (χ1n) is 5.64. The summed E-state index contributed by atoms with van der Waals surface area (Å²) in [7, 11) is 1.74. The molecule has 0 rings (SSSR count). The molecule has 0 aliphatic rings. The molecule has 0 aromatic carbocycles. The van der Waals surface area contributed by atoms with Crippen molar-refractivity contribution in [3.63, 3.8) is 0 Å². The van der Waals surface area contributed by atoms with Crippen molar-refractivity contribution in [1.29, 1.82) is 0 Å². The van der Waals surface area contributed by atoms with E-state index in [2.05, 4.69) is 26.2 Å². The van der Waals surface area contributed by atoms with Gasteiger partial charge in [-0.3, -0.25) is 11.3 Å².